The summed E-state index contributed by atoms with van der Waals surface area (Å²) < 4.78 is 39.3. The van der Waals surface area contributed by atoms with Crippen molar-refractivity contribution in [2.75, 3.05) is 5.32 Å². The van der Waals surface area contributed by atoms with Gasteiger partial charge in [0, 0.05) is 12.5 Å². The van der Waals surface area contributed by atoms with Crippen molar-refractivity contribution in [2.24, 2.45) is 4.99 Å². The standard InChI is InChI=1S/C17H12F3N3O2S/c18-9-1-4-11(5-2-9)21-17-23-16(25)14(26-17)8-15(24)22-13-6-3-10(19)7-12(13)20/h1-7,14H,8H2,(H,22,24)(H,21,23,25)/t14-/m1/s1. The zero-order chi connectivity index (χ0) is 18.7. The molecule has 2 amide bonds. The van der Waals surface area contributed by atoms with Crippen LogP contribution in [0.4, 0.5) is 24.5 Å². The lowest BCUT2D eigenvalue weighted by molar-refractivity contribution is -0.122. The lowest BCUT2D eigenvalue weighted by Gasteiger charge is -2.08. The Labute approximate surface area is 150 Å². The van der Waals surface area contributed by atoms with Crippen molar-refractivity contribution in [2.45, 2.75) is 11.7 Å². The molecule has 0 radical (unpaired) electrons. The summed E-state index contributed by atoms with van der Waals surface area (Å²) in [5.74, 6) is -3.07. The number of carbonyl (C=O) groups is 2. The molecule has 5 nitrogen and oxygen atoms in total. The van der Waals surface area contributed by atoms with Crippen molar-refractivity contribution >= 4 is 40.1 Å². The zero-order valence-corrected chi connectivity index (χ0v) is 13.9. The smallest absolute Gasteiger partial charge is 0.240 e. The van der Waals surface area contributed by atoms with Gasteiger partial charge in [-0.15, -0.1) is 0 Å². The molecule has 3 rings (SSSR count). The summed E-state index contributed by atoms with van der Waals surface area (Å²) in [6.07, 6.45) is -0.213. The predicted octanol–water partition coefficient (Wildman–Crippen LogP) is 3.35. The molecule has 1 heterocycles. The molecule has 1 aliphatic rings. The molecule has 0 aliphatic carbocycles. The maximum atomic E-state index is 13.5. The highest BCUT2D eigenvalue weighted by Gasteiger charge is 2.32. The Balaban J connectivity index is 1.62. The van der Waals surface area contributed by atoms with E-state index in [1.54, 1.807) is 0 Å². The molecule has 9 heteroatoms. The first-order valence-electron chi connectivity index (χ1n) is 7.47. The average Bonchev–Trinajstić information content (AvgIpc) is 2.91. The molecule has 0 bridgehead atoms. The average molecular weight is 379 g/mol. The third kappa shape index (κ3) is 4.42. The van der Waals surface area contributed by atoms with Gasteiger partial charge in [0.2, 0.25) is 11.8 Å². The van der Waals surface area contributed by atoms with E-state index in [1.165, 1.54) is 24.3 Å². The summed E-state index contributed by atoms with van der Waals surface area (Å²) in [5.41, 5.74) is 0.285. The van der Waals surface area contributed by atoms with E-state index in [0.717, 1.165) is 23.9 Å². The number of carbonyl (C=O) groups excluding carboxylic acids is 2. The number of thioether (sulfide) groups is 1. The Morgan fingerprint density at radius 3 is 2.50 bits per heavy atom. The lowest BCUT2D eigenvalue weighted by Crippen LogP contribution is -2.28. The van der Waals surface area contributed by atoms with Gasteiger partial charge in [-0.05, 0) is 36.4 Å². The van der Waals surface area contributed by atoms with Crippen molar-refractivity contribution in [3.05, 3.63) is 59.9 Å². The molecule has 2 aromatic rings. The molecular weight excluding hydrogens is 367 g/mol. The summed E-state index contributed by atoms with van der Waals surface area (Å²) >= 11 is 1.04. The first-order valence-corrected chi connectivity index (χ1v) is 8.35. The van der Waals surface area contributed by atoms with Gasteiger partial charge in [-0.2, -0.15) is 0 Å². The largest absolute Gasteiger partial charge is 0.324 e. The van der Waals surface area contributed by atoms with Gasteiger partial charge in [0.05, 0.1) is 11.4 Å². The van der Waals surface area contributed by atoms with E-state index in [9.17, 15) is 22.8 Å². The molecule has 0 unspecified atom stereocenters. The summed E-state index contributed by atoms with van der Waals surface area (Å²) in [4.78, 5) is 28.1. The van der Waals surface area contributed by atoms with Crippen molar-refractivity contribution < 1.29 is 22.8 Å². The SMILES string of the molecule is O=C(C[C@H]1SC(=Nc2ccc(F)cc2)NC1=O)Nc1ccc(F)cc1F. The van der Waals surface area contributed by atoms with Gasteiger partial charge in [-0.1, -0.05) is 11.8 Å². The first-order chi connectivity index (χ1) is 12.4. The molecule has 1 fully saturated rings. The van der Waals surface area contributed by atoms with E-state index in [-0.39, 0.29) is 17.3 Å². The fraction of sp³-hybridized carbons (Fsp3) is 0.118. The van der Waals surface area contributed by atoms with Gasteiger partial charge >= 0.3 is 0 Å². The highest BCUT2D eigenvalue weighted by molar-refractivity contribution is 8.15. The van der Waals surface area contributed by atoms with Gasteiger partial charge in [0.25, 0.3) is 0 Å². The molecular formula is C17H12F3N3O2S. The number of hydrogen-bond donors (Lipinski definition) is 2. The highest BCUT2D eigenvalue weighted by Crippen LogP contribution is 2.26. The number of benzene rings is 2. The van der Waals surface area contributed by atoms with Crippen LogP contribution in [0.15, 0.2) is 47.5 Å². The quantitative estimate of drug-likeness (QED) is 0.856. The molecule has 0 saturated carbocycles. The number of amides is 2. The fourth-order valence-corrected chi connectivity index (χ4v) is 3.17. The van der Waals surface area contributed by atoms with Gasteiger partial charge < -0.3 is 10.6 Å². The van der Waals surface area contributed by atoms with Crippen LogP contribution in [0.3, 0.4) is 0 Å². The Bertz CT molecular complexity index is 887. The van der Waals surface area contributed by atoms with E-state index < -0.39 is 34.5 Å². The Morgan fingerprint density at radius 1 is 1.12 bits per heavy atom. The van der Waals surface area contributed by atoms with Gasteiger partial charge in [0.15, 0.2) is 5.17 Å². The molecule has 1 aliphatic heterocycles. The van der Waals surface area contributed by atoms with Crippen LogP contribution >= 0.6 is 11.8 Å². The van der Waals surface area contributed by atoms with Crippen LogP contribution in [0.1, 0.15) is 6.42 Å². The van der Waals surface area contributed by atoms with Gasteiger partial charge in [-0.25, -0.2) is 18.2 Å². The van der Waals surface area contributed by atoms with Crippen molar-refractivity contribution in [1.29, 1.82) is 0 Å². The van der Waals surface area contributed by atoms with Crippen LogP contribution < -0.4 is 10.6 Å². The molecule has 2 aromatic carbocycles. The lowest BCUT2D eigenvalue weighted by atomic mass is 10.2. The van der Waals surface area contributed by atoms with E-state index in [4.69, 9.17) is 0 Å². The van der Waals surface area contributed by atoms with E-state index in [0.29, 0.717) is 11.8 Å². The van der Waals surface area contributed by atoms with Crippen molar-refractivity contribution in [3.63, 3.8) is 0 Å². The predicted molar refractivity (Wildman–Crippen MR) is 92.6 cm³/mol. The second-order valence-electron chi connectivity index (χ2n) is 5.37. The zero-order valence-electron chi connectivity index (χ0n) is 13.1. The second-order valence-corrected chi connectivity index (χ2v) is 6.56. The number of halogens is 3. The van der Waals surface area contributed by atoms with Crippen LogP contribution in [0.5, 0.6) is 0 Å². The monoisotopic (exact) mass is 379 g/mol. The van der Waals surface area contributed by atoms with Crippen LogP contribution in [0.2, 0.25) is 0 Å². The van der Waals surface area contributed by atoms with Gasteiger partial charge in [-0.3, -0.25) is 9.59 Å². The number of nitrogens with one attached hydrogen (secondary N) is 2. The molecule has 134 valence electrons. The molecule has 0 aromatic heterocycles. The van der Waals surface area contributed by atoms with E-state index >= 15 is 0 Å². The number of nitrogens with zero attached hydrogens (tertiary/aromatic N) is 1. The number of rotatable bonds is 4. The molecule has 2 N–H and O–H groups in total. The normalized spacial score (nSPS) is 18.0. The number of hydrogen-bond acceptors (Lipinski definition) is 4. The van der Waals surface area contributed by atoms with Crippen LogP contribution in [0.25, 0.3) is 0 Å². The van der Waals surface area contributed by atoms with Crippen LogP contribution in [-0.2, 0) is 9.59 Å². The molecule has 0 spiro atoms. The maximum Gasteiger partial charge on any atom is 0.240 e. The molecule has 1 saturated heterocycles. The maximum absolute atomic E-state index is 13.5. The third-order valence-electron chi connectivity index (χ3n) is 3.41. The second kappa shape index (κ2) is 7.61. The number of amidine groups is 1. The minimum Gasteiger partial charge on any atom is -0.324 e. The summed E-state index contributed by atoms with van der Waals surface area (Å²) in [6.45, 7) is 0. The first kappa shape index (κ1) is 18.0. The highest BCUT2D eigenvalue weighted by atomic mass is 32.2. The summed E-state index contributed by atoms with van der Waals surface area (Å²) in [7, 11) is 0. The topological polar surface area (TPSA) is 70.6 Å². The molecule has 1 atom stereocenters. The Morgan fingerprint density at radius 2 is 1.81 bits per heavy atom. The minimum atomic E-state index is -0.902. The molecule has 26 heavy (non-hydrogen) atoms. The third-order valence-corrected chi connectivity index (χ3v) is 4.49. The van der Waals surface area contributed by atoms with Gasteiger partial charge in [0.1, 0.15) is 22.7 Å². The summed E-state index contributed by atoms with van der Waals surface area (Å²) in [6, 6.07) is 8.15. The van der Waals surface area contributed by atoms with Crippen LogP contribution in [-0.4, -0.2) is 22.2 Å². The fourth-order valence-electron chi connectivity index (χ4n) is 2.19. The Kier molecular flexibility index (Phi) is 5.27. The summed E-state index contributed by atoms with van der Waals surface area (Å²) in [5, 5.41) is 4.38. The Hall–Kier alpha value is -2.81. The minimum absolute atomic E-state index is 0.167. The number of aliphatic imine (C=N–C) groups is 1. The van der Waals surface area contributed by atoms with Crippen LogP contribution in [0, 0.1) is 17.5 Å². The number of anilines is 1. The van der Waals surface area contributed by atoms with Crippen molar-refractivity contribution in [1.82, 2.24) is 5.32 Å². The van der Waals surface area contributed by atoms with E-state index in [1.807, 2.05) is 0 Å². The van der Waals surface area contributed by atoms with Crippen molar-refractivity contribution in [3.8, 4) is 0 Å². The van der Waals surface area contributed by atoms with E-state index in [2.05, 4.69) is 15.6 Å².